The Morgan fingerprint density at radius 3 is 2.47 bits per heavy atom. The predicted molar refractivity (Wildman–Crippen MR) is 115 cm³/mol. The van der Waals surface area contributed by atoms with Crippen molar-refractivity contribution < 1.29 is 36.6 Å². The standard InChI is InChI=1S/C22H30F4N4O4/c1-21(2,3)34-20(32)30-9-5-6-16(30)18(31)27-11-12-10-14(23)17(29-19(12)33-4)28-15-8-7-13(15)22(24,25)26/h10,13,15-16H,5-9,11H2,1-4H3,(H,27,31)(H,28,29)/t13?,15-,16-/m0/s1. The van der Waals surface area contributed by atoms with Crippen LogP contribution >= 0.6 is 0 Å². The zero-order valence-electron chi connectivity index (χ0n) is 19.6. The number of carbonyl (C=O) groups is 2. The summed E-state index contributed by atoms with van der Waals surface area (Å²) in [7, 11) is 1.29. The van der Waals surface area contributed by atoms with Gasteiger partial charge in [0.25, 0.3) is 0 Å². The second-order valence-electron chi connectivity index (χ2n) is 9.51. The number of carbonyl (C=O) groups excluding carboxylic acids is 2. The number of nitrogens with zero attached hydrogens (tertiary/aromatic N) is 2. The molecule has 1 aromatic heterocycles. The number of methoxy groups -OCH3 is 1. The van der Waals surface area contributed by atoms with E-state index < -0.39 is 47.6 Å². The highest BCUT2D eigenvalue weighted by Gasteiger charge is 2.50. The molecule has 0 bridgehead atoms. The molecule has 1 unspecified atom stereocenters. The largest absolute Gasteiger partial charge is 0.481 e. The fraction of sp³-hybridized carbons (Fsp3) is 0.682. The minimum absolute atomic E-state index is 0.0223. The number of rotatable bonds is 6. The topological polar surface area (TPSA) is 92.8 Å². The number of hydrogen-bond acceptors (Lipinski definition) is 6. The summed E-state index contributed by atoms with van der Waals surface area (Å²) < 4.78 is 64.1. The first-order valence-corrected chi connectivity index (χ1v) is 11.1. The van der Waals surface area contributed by atoms with E-state index in [0.29, 0.717) is 19.4 Å². The van der Waals surface area contributed by atoms with Crippen molar-refractivity contribution in [1.29, 1.82) is 0 Å². The molecule has 2 amide bonds. The van der Waals surface area contributed by atoms with Crippen LogP contribution in [0.3, 0.4) is 0 Å². The highest BCUT2D eigenvalue weighted by molar-refractivity contribution is 5.86. The Kier molecular flexibility index (Phi) is 7.47. The van der Waals surface area contributed by atoms with Crippen LogP contribution in [0.25, 0.3) is 0 Å². The third-order valence-corrected chi connectivity index (χ3v) is 5.86. The molecular weight excluding hydrogens is 460 g/mol. The summed E-state index contributed by atoms with van der Waals surface area (Å²) >= 11 is 0. The summed E-state index contributed by atoms with van der Waals surface area (Å²) in [6.45, 7) is 5.44. The quantitative estimate of drug-likeness (QED) is 0.586. The Balaban J connectivity index is 1.65. The van der Waals surface area contributed by atoms with E-state index in [1.165, 1.54) is 12.0 Å². The van der Waals surface area contributed by atoms with Crippen molar-refractivity contribution in [3.8, 4) is 5.88 Å². The van der Waals surface area contributed by atoms with Gasteiger partial charge in [-0.2, -0.15) is 18.2 Å². The van der Waals surface area contributed by atoms with Crippen molar-refractivity contribution in [1.82, 2.24) is 15.2 Å². The molecular formula is C22H30F4N4O4. The summed E-state index contributed by atoms with van der Waals surface area (Å²) in [5.41, 5.74) is -0.492. The molecule has 1 aromatic rings. The lowest BCUT2D eigenvalue weighted by Gasteiger charge is -2.38. The van der Waals surface area contributed by atoms with Crippen molar-refractivity contribution >= 4 is 17.8 Å². The summed E-state index contributed by atoms with van der Waals surface area (Å²) in [6.07, 6.45) is -3.63. The third-order valence-electron chi connectivity index (χ3n) is 5.86. The first-order valence-electron chi connectivity index (χ1n) is 11.1. The van der Waals surface area contributed by atoms with E-state index in [1.807, 2.05) is 0 Å². The molecule has 8 nitrogen and oxygen atoms in total. The highest BCUT2D eigenvalue weighted by atomic mass is 19.4. The van der Waals surface area contributed by atoms with Crippen molar-refractivity contribution in [3.05, 3.63) is 17.4 Å². The number of nitrogens with one attached hydrogen (secondary N) is 2. The smallest absolute Gasteiger partial charge is 0.410 e. The number of likely N-dealkylation sites (tertiary alicyclic amines) is 1. The zero-order valence-corrected chi connectivity index (χ0v) is 19.6. The van der Waals surface area contributed by atoms with Crippen LogP contribution in [0.4, 0.5) is 28.2 Å². The lowest BCUT2D eigenvalue weighted by Crippen LogP contribution is -2.47. The molecule has 1 aliphatic carbocycles. The van der Waals surface area contributed by atoms with Gasteiger partial charge >= 0.3 is 12.3 Å². The Bertz CT molecular complexity index is 919. The van der Waals surface area contributed by atoms with Gasteiger partial charge in [-0.1, -0.05) is 0 Å². The Hall–Kier alpha value is -2.79. The summed E-state index contributed by atoms with van der Waals surface area (Å²) in [4.78, 5) is 30.5. The van der Waals surface area contributed by atoms with Crippen molar-refractivity contribution in [2.24, 2.45) is 5.92 Å². The molecule has 3 rings (SSSR count). The van der Waals surface area contributed by atoms with E-state index in [-0.39, 0.29) is 36.6 Å². The number of amides is 2. The molecule has 2 heterocycles. The number of aromatic nitrogens is 1. The minimum Gasteiger partial charge on any atom is -0.481 e. The van der Waals surface area contributed by atoms with Gasteiger partial charge in [-0.25, -0.2) is 9.18 Å². The fourth-order valence-corrected chi connectivity index (χ4v) is 4.03. The number of hydrogen-bond donors (Lipinski definition) is 2. The van der Waals surface area contributed by atoms with Crippen LogP contribution in [-0.2, 0) is 16.1 Å². The number of pyridine rings is 1. The van der Waals surface area contributed by atoms with Crippen molar-refractivity contribution in [2.75, 3.05) is 19.0 Å². The van der Waals surface area contributed by atoms with Gasteiger partial charge in [0.1, 0.15) is 11.6 Å². The molecule has 2 N–H and O–H groups in total. The lowest BCUT2D eigenvalue weighted by molar-refractivity contribution is -0.197. The maximum atomic E-state index is 14.6. The monoisotopic (exact) mass is 490 g/mol. The maximum absolute atomic E-state index is 14.6. The van der Waals surface area contributed by atoms with Gasteiger partial charge in [0, 0.05) is 24.7 Å². The molecule has 190 valence electrons. The van der Waals surface area contributed by atoms with Crippen LogP contribution < -0.4 is 15.4 Å². The normalized spacial score (nSPS) is 22.7. The second-order valence-corrected chi connectivity index (χ2v) is 9.51. The number of ether oxygens (including phenoxy) is 2. The SMILES string of the molecule is COc1nc(N[C@H]2CCC2C(F)(F)F)c(F)cc1CNC(=O)[C@@H]1CCCN1C(=O)OC(C)(C)C. The van der Waals surface area contributed by atoms with Gasteiger partial charge in [0.15, 0.2) is 11.6 Å². The van der Waals surface area contributed by atoms with Crippen LogP contribution in [-0.4, -0.2) is 59.4 Å². The molecule has 2 aliphatic rings. The van der Waals surface area contributed by atoms with Crippen LogP contribution in [0.15, 0.2) is 6.07 Å². The summed E-state index contributed by atoms with van der Waals surface area (Å²) in [6, 6.07) is -0.619. The van der Waals surface area contributed by atoms with E-state index in [4.69, 9.17) is 9.47 Å². The van der Waals surface area contributed by atoms with Crippen LogP contribution in [0.5, 0.6) is 5.88 Å². The molecule has 0 spiro atoms. The van der Waals surface area contributed by atoms with E-state index in [9.17, 15) is 27.2 Å². The number of halogens is 4. The maximum Gasteiger partial charge on any atom is 0.410 e. The van der Waals surface area contributed by atoms with Crippen molar-refractivity contribution in [3.63, 3.8) is 0 Å². The van der Waals surface area contributed by atoms with Crippen LogP contribution in [0.2, 0.25) is 0 Å². The van der Waals surface area contributed by atoms with E-state index in [2.05, 4.69) is 15.6 Å². The van der Waals surface area contributed by atoms with Crippen LogP contribution in [0, 0.1) is 11.7 Å². The molecule has 1 saturated heterocycles. The van der Waals surface area contributed by atoms with Crippen molar-refractivity contribution in [2.45, 2.75) is 76.9 Å². The molecule has 0 aromatic carbocycles. The zero-order chi connectivity index (χ0) is 25.3. The van der Waals surface area contributed by atoms with E-state index in [1.54, 1.807) is 20.8 Å². The van der Waals surface area contributed by atoms with Gasteiger partial charge in [0.2, 0.25) is 11.8 Å². The lowest BCUT2D eigenvalue weighted by atomic mass is 9.79. The van der Waals surface area contributed by atoms with Gasteiger partial charge in [0.05, 0.1) is 13.0 Å². The Morgan fingerprint density at radius 2 is 1.91 bits per heavy atom. The van der Waals surface area contributed by atoms with Gasteiger partial charge in [-0.15, -0.1) is 0 Å². The minimum atomic E-state index is -4.37. The predicted octanol–water partition coefficient (Wildman–Crippen LogP) is 4.00. The second kappa shape index (κ2) is 9.83. The number of alkyl halides is 3. The molecule has 34 heavy (non-hydrogen) atoms. The molecule has 1 aliphatic heterocycles. The van der Waals surface area contributed by atoms with Gasteiger partial charge in [-0.05, 0) is 52.5 Å². The molecule has 12 heteroatoms. The fourth-order valence-electron chi connectivity index (χ4n) is 4.03. The van der Waals surface area contributed by atoms with E-state index >= 15 is 0 Å². The summed E-state index contributed by atoms with van der Waals surface area (Å²) in [5.74, 6) is -3.21. The van der Waals surface area contributed by atoms with Gasteiger partial charge in [-0.3, -0.25) is 9.69 Å². The van der Waals surface area contributed by atoms with E-state index in [0.717, 1.165) is 6.07 Å². The van der Waals surface area contributed by atoms with Crippen LogP contribution in [0.1, 0.15) is 52.0 Å². The average molecular weight is 490 g/mol. The molecule has 2 fully saturated rings. The summed E-state index contributed by atoms with van der Waals surface area (Å²) in [5, 5.41) is 5.18. The average Bonchev–Trinajstić information content (AvgIpc) is 3.18. The van der Waals surface area contributed by atoms with Gasteiger partial charge < -0.3 is 20.1 Å². The first kappa shape index (κ1) is 25.8. The molecule has 3 atom stereocenters. The number of anilines is 1. The third kappa shape index (κ3) is 6.01. The molecule has 1 saturated carbocycles. The molecule has 0 radical (unpaired) electrons. The Labute approximate surface area is 195 Å². The highest BCUT2D eigenvalue weighted by Crippen LogP contribution is 2.42. The first-order chi connectivity index (χ1) is 15.8. The Morgan fingerprint density at radius 1 is 1.21 bits per heavy atom.